The van der Waals surface area contributed by atoms with E-state index in [4.69, 9.17) is 4.74 Å². The van der Waals surface area contributed by atoms with Gasteiger partial charge in [-0.1, -0.05) is 0 Å². The van der Waals surface area contributed by atoms with Crippen molar-refractivity contribution < 1.29 is 4.74 Å². The van der Waals surface area contributed by atoms with Crippen LogP contribution in [0.3, 0.4) is 0 Å². The van der Waals surface area contributed by atoms with Crippen LogP contribution in [0.2, 0.25) is 0 Å². The van der Waals surface area contributed by atoms with Gasteiger partial charge in [0.15, 0.2) is 0 Å². The van der Waals surface area contributed by atoms with Crippen LogP contribution in [0.1, 0.15) is 0 Å². The average molecular weight is 170 g/mol. The van der Waals surface area contributed by atoms with E-state index in [9.17, 15) is 0 Å². The topological polar surface area (TPSA) is 12.5 Å². The largest absolute Gasteiger partial charge is 0.362 e. The lowest BCUT2D eigenvalue weighted by Crippen LogP contribution is -1.48. The van der Waals surface area contributed by atoms with Crippen molar-refractivity contribution in [1.29, 1.82) is 0 Å². The van der Waals surface area contributed by atoms with E-state index >= 15 is 0 Å². The molecule has 1 aliphatic heterocycles. The maximum Gasteiger partial charge on any atom is 0.132 e. The molecule has 24 valence electrons. The van der Waals surface area contributed by atoms with E-state index in [0.717, 1.165) is 6.61 Å². The molecular formula is C2H3IO. The summed E-state index contributed by atoms with van der Waals surface area (Å²) < 4.78 is 5.25. The number of epoxide rings is 1. The Balaban J connectivity index is 2.17. The summed E-state index contributed by atoms with van der Waals surface area (Å²) in [5.74, 6) is 0. The molecule has 0 amide bonds. The Bertz CT molecular complexity index is 25.2. The molecule has 0 N–H and O–H groups in total. The van der Waals surface area contributed by atoms with Crippen molar-refractivity contribution >= 4 is 22.6 Å². The summed E-state index contributed by atoms with van der Waals surface area (Å²) in [5, 5.41) is 0. The number of hydrogen-bond donors (Lipinski definition) is 0. The van der Waals surface area contributed by atoms with Crippen LogP contribution in [0.5, 0.6) is 0 Å². The van der Waals surface area contributed by atoms with E-state index in [2.05, 4.69) is 22.6 Å². The average Bonchev–Trinajstić information content (AvgIpc) is 1.75. The molecule has 0 aliphatic carbocycles. The summed E-state index contributed by atoms with van der Waals surface area (Å²) >= 11 is 2.23. The zero-order chi connectivity index (χ0) is 2.99. The van der Waals surface area contributed by atoms with Crippen molar-refractivity contribution in [2.24, 2.45) is 0 Å². The van der Waals surface area contributed by atoms with Crippen LogP contribution in [-0.4, -0.2) is 10.7 Å². The first-order valence-corrected chi connectivity index (χ1v) is 2.40. The van der Waals surface area contributed by atoms with Gasteiger partial charge in [-0.2, -0.15) is 0 Å². The molecule has 1 heterocycles. The fourth-order valence-electron chi connectivity index (χ4n) is 0.0364. The number of halogens is 1. The Morgan fingerprint density at radius 1 is 2.00 bits per heavy atom. The second-order valence-electron chi connectivity index (χ2n) is 0.743. The molecule has 1 saturated heterocycles. The highest BCUT2D eigenvalue weighted by Gasteiger charge is 2.15. The lowest BCUT2D eigenvalue weighted by atomic mass is 11.0. The quantitative estimate of drug-likeness (QED) is 0.297. The van der Waals surface area contributed by atoms with Gasteiger partial charge in [0, 0.05) is 0 Å². The Labute approximate surface area is 38.5 Å². The molecule has 0 aromatic rings. The minimum absolute atomic E-state index is 0.553. The van der Waals surface area contributed by atoms with Gasteiger partial charge in [0.2, 0.25) is 0 Å². The molecule has 0 saturated carbocycles. The zero-order valence-electron chi connectivity index (χ0n) is 2.07. The van der Waals surface area contributed by atoms with Gasteiger partial charge in [-0.25, -0.2) is 0 Å². The standard InChI is InChI=1S/C2H3IO/c3-2-1-4-2/h2H,1H2/t2-/m0/s1. The first kappa shape index (κ1) is 2.90. The van der Waals surface area contributed by atoms with Gasteiger partial charge in [0.25, 0.3) is 0 Å². The SMILES string of the molecule is I[C@@H]1CO1. The minimum atomic E-state index is 0.553. The van der Waals surface area contributed by atoms with E-state index in [-0.39, 0.29) is 0 Å². The second-order valence-corrected chi connectivity index (χ2v) is 2.13. The Hall–Kier alpha value is 0.690. The van der Waals surface area contributed by atoms with Gasteiger partial charge in [0.1, 0.15) is 4.11 Å². The molecule has 0 radical (unpaired) electrons. The fraction of sp³-hybridized carbons (Fsp3) is 1.00. The van der Waals surface area contributed by atoms with Gasteiger partial charge >= 0.3 is 0 Å². The molecule has 0 unspecified atom stereocenters. The van der Waals surface area contributed by atoms with Crippen molar-refractivity contribution in [3.8, 4) is 0 Å². The van der Waals surface area contributed by atoms with E-state index < -0.39 is 0 Å². The lowest BCUT2D eigenvalue weighted by Gasteiger charge is -1.48. The Kier molecular flexibility index (Phi) is 0.599. The summed E-state index contributed by atoms with van der Waals surface area (Å²) in [4.78, 5) is 0. The van der Waals surface area contributed by atoms with Crippen LogP contribution < -0.4 is 0 Å². The molecule has 1 fully saturated rings. The van der Waals surface area contributed by atoms with Crippen LogP contribution in [0.4, 0.5) is 0 Å². The molecule has 1 nitrogen and oxygen atoms in total. The Morgan fingerprint density at radius 2 is 2.25 bits per heavy atom. The molecular weight excluding hydrogens is 167 g/mol. The summed E-state index contributed by atoms with van der Waals surface area (Å²) in [5.41, 5.74) is 0. The predicted molar refractivity (Wildman–Crippen MR) is 23.8 cm³/mol. The van der Waals surface area contributed by atoms with Gasteiger partial charge in [-0.05, 0) is 22.6 Å². The fourth-order valence-corrected chi connectivity index (χ4v) is 0.244. The lowest BCUT2D eigenvalue weighted by molar-refractivity contribution is 0.467. The maximum absolute atomic E-state index is 4.70. The number of hydrogen-bond acceptors (Lipinski definition) is 1. The third kappa shape index (κ3) is 0.564. The molecule has 1 rings (SSSR count). The zero-order valence-corrected chi connectivity index (χ0v) is 4.23. The summed E-state index contributed by atoms with van der Waals surface area (Å²) in [6, 6.07) is 0. The molecule has 0 aromatic carbocycles. The van der Waals surface area contributed by atoms with Crippen molar-refractivity contribution in [3.63, 3.8) is 0 Å². The van der Waals surface area contributed by atoms with Gasteiger partial charge in [-0.15, -0.1) is 0 Å². The van der Waals surface area contributed by atoms with Gasteiger partial charge < -0.3 is 4.74 Å². The van der Waals surface area contributed by atoms with E-state index in [0.29, 0.717) is 4.11 Å². The van der Waals surface area contributed by atoms with Crippen LogP contribution in [0, 0.1) is 0 Å². The summed E-state index contributed by atoms with van der Waals surface area (Å²) in [6.07, 6.45) is 0. The third-order valence-corrected chi connectivity index (χ3v) is 1.01. The van der Waals surface area contributed by atoms with Crippen molar-refractivity contribution in [3.05, 3.63) is 0 Å². The van der Waals surface area contributed by atoms with E-state index in [1.807, 2.05) is 0 Å². The molecule has 4 heavy (non-hydrogen) atoms. The monoisotopic (exact) mass is 170 g/mol. The number of alkyl halides is 1. The molecule has 1 atom stereocenters. The van der Waals surface area contributed by atoms with Gasteiger partial charge in [-0.3, -0.25) is 0 Å². The molecule has 0 bridgehead atoms. The predicted octanol–water partition coefficient (Wildman–Crippen LogP) is 0.778. The summed E-state index contributed by atoms with van der Waals surface area (Å²) in [7, 11) is 0. The van der Waals surface area contributed by atoms with Gasteiger partial charge in [0.05, 0.1) is 6.61 Å². The van der Waals surface area contributed by atoms with Crippen molar-refractivity contribution in [2.75, 3.05) is 6.61 Å². The number of ether oxygens (including phenoxy) is 1. The molecule has 0 spiro atoms. The highest BCUT2D eigenvalue weighted by molar-refractivity contribution is 14.1. The van der Waals surface area contributed by atoms with Crippen LogP contribution in [0.25, 0.3) is 0 Å². The number of rotatable bonds is 0. The molecule has 0 aromatic heterocycles. The molecule has 1 aliphatic rings. The highest BCUT2D eigenvalue weighted by atomic mass is 127. The second kappa shape index (κ2) is 0.825. The Morgan fingerprint density at radius 3 is 2.25 bits per heavy atom. The van der Waals surface area contributed by atoms with Crippen LogP contribution in [-0.2, 0) is 4.74 Å². The first-order valence-electron chi connectivity index (χ1n) is 1.15. The highest BCUT2D eigenvalue weighted by Crippen LogP contribution is 2.15. The van der Waals surface area contributed by atoms with Crippen LogP contribution >= 0.6 is 22.6 Å². The van der Waals surface area contributed by atoms with E-state index in [1.54, 1.807) is 0 Å². The van der Waals surface area contributed by atoms with Crippen molar-refractivity contribution in [1.82, 2.24) is 0 Å². The minimum Gasteiger partial charge on any atom is -0.362 e. The van der Waals surface area contributed by atoms with E-state index in [1.165, 1.54) is 0 Å². The van der Waals surface area contributed by atoms with Crippen LogP contribution in [0.15, 0.2) is 0 Å². The van der Waals surface area contributed by atoms with Crippen molar-refractivity contribution in [2.45, 2.75) is 4.11 Å². The first-order chi connectivity index (χ1) is 1.89. The smallest absolute Gasteiger partial charge is 0.132 e. The normalized spacial score (nSPS) is 39.8. The molecule has 2 heteroatoms. The third-order valence-electron chi connectivity index (χ3n) is 0.293. The summed E-state index contributed by atoms with van der Waals surface area (Å²) in [6.45, 7) is 0.973. The maximum atomic E-state index is 4.70.